The van der Waals surface area contributed by atoms with Gasteiger partial charge in [-0.3, -0.25) is 14.4 Å². The number of fused-ring (bicyclic) bond motifs is 1. The molecule has 21 heavy (non-hydrogen) atoms. The molecule has 1 aromatic carbocycles. The fourth-order valence-corrected chi connectivity index (χ4v) is 1.92. The number of nitrogens with two attached hydrogens (primary N) is 1. The van der Waals surface area contributed by atoms with Gasteiger partial charge in [0.2, 0.25) is 0 Å². The zero-order valence-electron chi connectivity index (χ0n) is 11.5. The molecular weight excluding hydrogens is 274 g/mol. The van der Waals surface area contributed by atoms with Gasteiger partial charge in [0.25, 0.3) is 0 Å². The van der Waals surface area contributed by atoms with Gasteiger partial charge in [0.1, 0.15) is 12.4 Å². The Balaban J connectivity index is 2.44. The SMILES string of the molecule is COCCOc1ccc2c(c1)c(N=CC=O)cn2C(N)=O. The van der Waals surface area contributed by atoms with Gasteiger partial charge < -0.3 is 15.2 Å². The summed E-state index contributed by atoms with van der Waals surface area (Å²) in [6.07, 6.45) is 3.15. The van der Waals surface area contributed by atoms with Crippen LogP contribution in [-0.2, 0) is 9.53 Å². The molecule has 1 amide bonds. The van der Waals surface area contributed by atoms with Crippen molar-refractivity contribution in [2.45, 2.75) is 0 Å². The third-order valence-electron chi connectivity index (χ3n) is 2.82. The Hall–Kier alpha value is -2.67. The van der Waals surface area contributed by atoms with E-state index < -0.39 is 6.03 Å². The first kappa shape index (κ1) is 14.7. The number of aromatic nitrogens is 1. The number of ether oxygens (including phenoxy) is 2. The van der Waals surface area contributed by atoms with Gasteiger partial charge >= 0.3 is 6.03 Å². The Morgan fingerprint density at radius 2 is 2.24 bits per heavy atom. The highest BCUT2D eigenvalue weighted by Crippen LogP contribution is 2.31. The second-order valence-corrected chi connectivity index (χ2v) is 4.16. The largest absolute Gasteiger partial charge is 0.491 e. The molecule has 0 saturated heterocycles. The first-order valence-corrected chi connectivity index (χ1v) is 6.22. The summed E-state index contributed by atoms with van der Waals surface area (Å²) in [4.78, 5) is 25.8. The number of hydrogen-bond acceptors (Lipinski definition) is 5. The van der Waals surface area contributed by atoms with Crippen molar-refractivity contribution in [3.8, 4) is 5.75 Å². The van der Waals surface area contributed by atoms with Crippen molar-refractivity contribution in [2.75, 3.05) is 20.3 Å². The Morgan fingerprint density at radius 1 is 1.43 bits per heavy atom. The van der Waals surface area contributed by atoms with Crippen LogP contribution in [0.1, 0.15) is 0 Å². The van der Waals surface area contributed by atoms with Crippen LogP contribution in [-0.4, -0.2) is 43.4 Å². The molecule has 0 aliphatic carbocycles. The van der Waals surface area contributed by atoms with Crippen LogP contribution in [0.15, 0.2) is 29.4 Å². The number of rotatable bonds is 6. The Bertz CT molecular complexity index is 691. The van der Waals surface area contributed by atoms with Gasteiger partial charge in [0.15, 0.2) is 6.29 Å². The maximum absolute atomic E-state index is 11.4. The molecule has 2 N–H and O–H groups in total. The summed E-state index contributed by atoms with van der Waals surface area (Å²) in [7, 11) is 1.59. The highest BCUT2D eigenvalue weighted by molar-refractivity contribution is 6.14. The predicted octanol–water partition coefficient (Wildman–Crippen LogP) is 1.49. The van der Waals surface area contributed by atoms with Crippen LogP contribution in [0.25, 0.3) is 10.9 Å². The number of aliphatic imine (C=N–C) groups is 1. The summed E-state index contributed by atoms with van der Waals surface area (Å²) in [5.41, 5.74) is 6.38. The second kappa shape index (κ2) is 6.67. The molecule has 0 aliphatic heterocycles. The van der Waals surface area contributed by atoms with E-state index >= 15 is 0 Å². The summed E-state index contributed by atoms with van der Waals surface area (Å²) >= 11 is 0. The number of nitrogens with zero attached hydrogens (tertiary/aromatic N) is 2. The normalized spacial score (nSPS) is 11.1. The number of carbonyl (C=O) groups excluding carboxylic acids is 2. The van der Waals surface area contributed by atoms with Gasteiger partial charge in [-0.25, -0.2) is 4.79 Å². The fraction of sp³-hybridized carbons (Fsp3) is 0.214. The van der Waals surface area contributed by atoms with E-state index in [-0.39, 0.29) is 0 Å². The minimum atomic E-state index is -0.624. The number of carbonyl (C=O) groups is 2. The highest BCUT2D eigenvalue weighted by atomic mass is 16.5. The fourth-order valence-electron chi connectivity index (χ4n) is 1.92. The number of amides is 1. The molecule has 0 radical (unpaired) electrons. The number of methoxy groups -OCH3 is 1. The number of primary amides is 1. The smallest absolute Gasteiger partial charge is 0.323 e. The molecule has 0 fully saturated rings. The molecule has 1 heterocycles. The van der Waals surface area contributed by atoms with Crippen LogP contribution >= 0.6 is 0 Å². The van der Waals surface area contributed by atoms with E-state index in [1.54, 1.807) is 25.3 Å². The first-order valence-electron chi connectivity index (χ1n) is 6.22. The Labute approximate surface area is 121 Å². The lowest BCUT2D eigenvalue weighted by Crippen LogP contribution is -2.18. The van der Waals surface area contributed by atoms with Gasteiger partial charge in [0.05, 0.1) is 24.0 Å². The monoisotopic (exact) mass is 289 g/mol. The van der Waals surface area contributed by atoms with E-state index in [1.807, 2.05) is 0 Å². The zero-order chi connectivity index (χ0) is 15.2. The molecule has 1 aromatic heterocycles. The van der Waals surface area contributed by atoms with Crippen molar-refractivity contribution in [2.24, 2.45) is 10.7 Å². The molecule has 2 aromatic rings. The lowest BCUT2D eigenvalue weighted by atomic mass is 10.2. The molecule has 0 unspecified atom stereocenters. The Morgan fingerprint density at radius 3 is 2.90 bits per heavy atom. The van der Waals surface area contributed by atoms with Crippen molar-refractivity contribution in [1.82, 2.24) is 4.57 Å². The minimum Gasteiger partial charge on any atom is -0.491 e. The van der Waals surface area contributed by atoms with Crippen molar-refractivity contribution in [1.29, 1.82) is 0 Å². The topological polar surface area (TPSA) is 95.9 Å². The van der Waals surface area contributed by atoms with Crippen LogP contribution in [0.4, 0.5) is 10.5 Å². The molecule has 2 rings (SSSR count). The number of benzene rings is 1. The lowest BCUT2D eigenvalue weighted by molar-refractivity contribution is -0.102. The average Bonchev–Trinajstić information content (AvgIpc) is 2.84. The van der Waals surface area contributed by atoms with Crippen LogP contribution in [0.2, 0.25) is 0 Å². The standard InChI is InChI=1S/C14H15N3O4/c1-20-6-7-21-10-2-3-13-11(8-10)12(16-4-5-18)9-17(13)14(15)19/h2-5,8-9H,6-7H2,1H3,(H2,15,19). The average molecular weight is 289 g/mol. The molecular formula is C14H15N3O4. The molecule has 0 bridgehead atoms. The first-order chi connectivity index (χ1) is 10.2. The van der Waals surface area contributed by atoms with E-state index in [0.29, 0.717) is 41.8 Å². The predicted molar refractivity (Wildman–Crippen MR) is 78.5 cm³/mol. The molecule has 7 nitrogen and oxygen atoms in total. The third kappa shape index (κ3) is 3.26. The maximum atomic E-state index is 11.4. The van der Waals surface area contributed by atoms with Gasteiger partial charge in [-0.15, -0.1) is 0 Å². The quantitative estimate of drug-likeness (QED) is 0.495. The van der Waals surface area contributed by atoms with Gasteiger partial charge in [0, 0.05) is 18.7 Å². The summed E-state index contributed by atoms with van der Waals surface area (Å²) in [5.74, 6) is 0.615. The van der Waals surface area contributed by atoms with E-state index in [9.17, 15) is 9.59 Å². The molecule has 0 spiro atoms. The number of hydrogen-bond donors (Lipinski definition) is 1. The van der Waals surface area contributed by atoms with E-state index in [2.05, 4.69) is 4.99 Å². The minimum absolute atomic E-state index is 0.408. The number of aldehydes is 1. The Kier molecular flexibility index (Phi) is 4.68. The third-order valence-corrected chi connectivity index (χ3v) is 2.82. The van der Waals surface area contributed by atoms with Crippen LogP contribution in [0.3, 0.4) is 0 Å². The van der Waals surface area contributed by atoms with Crippen LogP contribution in [0.5, 0.6) is 5.75 Å². The van der Waals surface area contributed by atoms with E-state index in [4.69, 9.17) is 15.2 Å². The maximum Gasteiger partial charge on any atom is 0.323 e. The van der Waals surface area contributed by atoms with E-state index in [1.165, 1.54) is 10.8 Å². The summed E-state index contributed by atoms with van der Waals surface area (Å²) in [6.45, 7) is 0.877. The van der Waals surface area contributed by atoms with Crippen molar-refractivity contribution in [3.05, 3.63) is 24.4 Å². The molecule has 110 valence electrons. The van der Waals surface area contributed by atoms with Crippen LogP contribution < -0.4 is 10.5 Å². The van der Waals surface area contributed by atoms with Crippen LogP contribution in [0, 0.1) is 0 Å². The zero-order valence-corrected chi connectivity index (χ0v) is 11.5. The second-order valence-electron chi connectivity index (χ2n) is 4.16. The van der Waals surface area contributed by atoms with E-state index in [0.717, 1.165) is 6.21 Å². The van der Waals surface area contributed by atoms with Crippen molar-refractivity contribution in [3.63, 3.8) is 0 Å². The lowest BCUT2D eigenvalue weighted by Gasteiger charge is -2.06. The molecule has 0 saturated carbocycles. The van der Waals surface area contributed by atoms with Gasteiger partial charge in [-0.05, 0) is 18.2 Å². The van der Waals surface area contributed by atoms with Crippen molar-refractivity contribution < 1.29 is 19.1 Å². The highest BCUT2D eigenvalue weighted by Gasteiger charge is 2.12. The van der Waals surface area contributed by atoms with Gasteiger partial charge in [-0.2, -0.15) is 0 Å². The van der Waals surface area contributed by atoms with Gasteiger partial charge in [-0.1, -0.05) is 0 Å². The molecule has 0 atom stereocenters. The molecule has 7 heteroatoms. The summed E-state index contributed by atoms with van der Waals surface area (Å²) in [5, 5.41) is 0.668. The molecule has 0 aliphatic rings. The van der Waals surface area contributed by atoms with Crippen molar-refractivity contribution >= 4 is 35.1 Å². The summed E-state index contributed by atoms with van der Waals surface area (Å²) < 4.78 is 11.7. The summed E-state index contributed by atoms with van der Waals surface area (Å²) in [6, 6.07) is 4.55.